The smallest absolute Gasteiger partial charge is 0.192 e. The zero-order valence-electron chi connectivity index (χ0n) is 19.5. The lowest BCUT2D eigenvalue weighted by Gasteiger charge is -2.40. The molecule has 172 valence electrons. The Bertz CT molecular complexity index is 759. The molecule has 2 aliphatic heterocycles. The molecular formula is C24H37NO5Si. The van der Waals surface area contributed by atoms with Crippen molar-refractivity contribution in [2.45, 2.75) is 89.2 Å². The summed E-state index contributed by atoms with van der Waals surface area (Å²) in [7, 11) is -1.99. The van der Waals surface area contributed by atoms with E-state index in [0.29, 0.717) is 6.54 Å². The van der Waals surface area contributed by atoms with Gasteiger partial charge >= 0.3 is 0 Å². The number of nitrogens with zero attached hydrogens (tertiary/aromatic N) is 1. The number of fused-ring (bicyclic) bond motifs is 1. The van der Waals surface area contributed by atoms with Gasteiger partial charge in [0.05, 0.1) is 30.9 Å². The van der Waals surface area contributed by atoms with E-state index in [-0.39, 0.29) is 29.5 Å². The predicted molar refractivity (Wildman–Crippen MR) is 122 cm³/mol. The van der Waals surface area contributed by atoms with Crippen molar-refractivity contribution in [2.24, 2.45) is 5.92 Å². The Morgan fingerprint density at radius 1 is 1.13 bits per heavy atom. The van der Waals surface area contributed by atoms with Gasteiger partial charge in [0.1, 0.15) is 12.2 Å². The number of para-hydroxylation sites is 1. The number of ketones is 1. The van der Waals surface area contributed by atoms with Crippen LogP contribution in [0.4, 0.5) is 5.69 Å². The van der Waals surface area contributed by atoms with E-state index in [0.717, 1.165) is 18.5 Å². The first-order valence-electron chi connectivity index (χ1n) is 11.6. The van der Waals surface area contributed by atoms with Crippen molar-refractivity contribution >= 4 is 19.8 Å². The molecule has 1 aliphatic carbocycles. The fourth-order valence-electron chi connectivity index (χ4n) is 4.29. The molecule has 3 fully saturated rings. The molecule has 4 atom stereocenters. The van der Waals surface area contributed by atoms with E-state index in [9.17, 15) is 4.79 Å². The molecule has 1 aromatic carbocycles. The van der Waals surface area contributed by atoms with Crippen molar-refractivity contribution in [3.8, 4) is 0 Å². The van der Waals surface area contributed by atoms with Crippen LogP contribution in [0.1, 0.15) is 46.5 Å². The van der Waals surface area contributed by atoms with Gasteiger partial charge in [-0.2, -0.15) is 0 Å². The van der Waals surface area contributed by atoms with Gasteiger partial charge in [-0.05, 0) is 43.1 Å². The van der Waals surface area contributed by atoms with Gasteiger partial charge in [-0.1, -0.05) is 51.8 Å². The summed E-state index contributed by atoms with van der Waals surface area (Å²) in [5.74, 6) is -0.221. The standard InChI is InChI=1S/C24H37NO5Si/c1-24(2,3)31(4,5)27-16-20-21(26)19-15-25(17-11-7-6-8-12-17)30-22(19)23(29-20)28-18-13-9-10-14-18/h6-8,11-12,18-20,22-23H,9-10,13-16H2,1-5H3/t19-,20+,22-,23-/m0/s1. The van der Waals surface area contributed by atoms with Crippen LogP contribution in [0.3, 0.4) is 0 Å². The van der Waals surface area contributed by atoms with Crippen LogP contribution in [0.5, 0.6) is 0 Å². The van der Waals surface area contributed by atoms with Crippen LogP contribution < -0.4 is 5.06 Å². The third-order valence-corrected chi connectivity index (χ3v) is 11.8. The van der Waals surface area contributed by atoms with Crippen molar-refractivity contribution in [1.29, 1.82) is 0 Å². The van der Waals surface area contributed by atoms with E-state index in [4.69, 9.17) is 18.7 Å². The van der Waals surface area contributed by atoms with Gasteiger partial charge in [0.15, 0.2) is 20.4 Å². The maximum absolute atomic E-state index is 13.4. The molecule has 0 aromatic heterocycles. The number of hydrogen-bond donors (Lipinski definition) is 0. The van der Waals surface area contributed by atoms with E-state index in [1.54, 1.807) is 0 Å². The SMILES string of the molecule is CC(C)(C)[Si](C)(C)OC[C@H]1O[C@H](OC2CCCC2)[C@H]2ON(c3ccccc3)C[C@H]2C1=O. The summed E-state index contributed by atoms with van der Waals surface area (Å²) >= 11 is 0. The second-order valence-electron chi connectivity index (χ2n) is 10.6. The van der Waals surface area contributed by atoms with E-state index in [1.165, 1.54) is 12.8 Å². The number of carbonyl (C=O) groups excluding carboxylic acids is 1. The zero-order chi connectivity index (χ0) is 22.2. The minimum Gasteiger partial charge on any atom is -0.414 e. The lowest BCUT2D eigenvalue weighted by molar-refractivity contribution is -0.259. The quantitative estimate of drug-likeness (QED) is 0.589. The number of benzene rings is 1. The Labute approximate surface area is 187 Å². The molecule has 1 saturated carbocycles. The zero-order valence-corrected chi connectivity index (χ0v) is 20.5. The van der Waals surface area contributed by atoms with E-state index in [2.05, 4.69) is 33.9 Å². The highest BCUT2D eigenvalue weighted by molar-refractivity contribution is 6.74. The summed E-state index contributed by atoms with van der Waals surface area (Å²) in [6.07, 6.45) is 3.04. The minimum atomic E-state index is -1.99. The van der Waals surface area contributed by atoms with Crippen LogP contribution in [-0.2, 0) is 23.5 Å². The third kappa shape index (κ3) is 4.91. The molecule has 1 aromatic rings. The van der Waals surface area contributed by atoms with Gasteiger partial charge in [-0.3, -0.25) is 14.7 Å². The van der Waals surface area contributed by atoms with Crippen LogP contribution in [0.15, 0.2) is 30.3 Å². The van der Waals surface area contributed by atoms with Crippen molar-refractivity contribution in [3.63, 3.8) is 0 Å². The topological polar surface area (TPSA) is 57.2 Å². The first-order valence-corrected chi connectivity index (χ1v) is 14.5. The molecule has 6 nitrogen and oxygen atoms in total. The summed E-state index contributed by atoms with van der Waals surface area (Å²) < 4.78 is 19.0. The van der Waals surface area contributed by atoms with Crippen LogP contribution in [0.25, 0.3) is 0 Å². The number of ether oxygens (including phenoxy) is 2. The van der Waals surface area contributed by atoms with Crippen molar-refractivity contribution < 1.29 is 23.5 Å². The van der Waals surface area contributed by atoms with Gasteiger partial charge in [0.25, 0.3) is 0 Å². The number of hydrogen-bond acceptors (Lipinski definition) is 6. The summed E-state index contributed by atoms with van der Waals surface area (Å²) in [6, 6.07) is 9.91. The lowest BCUT2D eigenvalue weighted by Crippen LogP contribution is -2.55. The first-order chi connectivity index (χ1) is 14.7. The van der Waals surface area contributed by atoms with Gasteiger partial charge in [-0.15, -0.1) is 0 Å². The van der Waals surface area contributed by atoms with E-state index in [1.807, 2.05) is 35.4 Å². The molecule has 7 heteroatoms. The number of anilines is 1. The fraction of sp³-hybridized carbons (Fsp3) is 0.708. The maximum atomic E-state index is 13.4. The summed E-state index contributed by atoms with van der Waals surface area (Å²) in [5.41, 5.74) is 0.943. The molecule has 4 rings (SSSR count). The van der Waals surface area contributed by atoms with Crippen LogP contribution in [0.2, 0.25) is 18.1 Å². The second kappa shape index (κ2) is 8.94. The fourth-order valence-corrected chi connectivity index (χ4v) is 5.29. The first kappa shape index (κ1) is 22.9. The van der Waals surface area contributed by atoms with Crippen LogP contribution >= 0.6 is 0 Å². The molecule has 0 unspecified atom stereocenters. The van der Waals surface area contributed by atoms with E-state index < -0.39 is 26.8 Å². The molecule has 31 heavy (non-hydrogen) atoms. The Hall–Kier alpha value is -1.25. The average molecular weight is 448 g/mol. The normalized spacial score (nSPS) is 30.1. The highest BCUT2D eigenvalue weighted by Gasteiger charge is 2.53. The van der Waals surface area contributed by atoms with Crippen LogP contribution in [0, 0.1) is 5.92 Å². The number of rotatable bonds is 6. The molecular weight excluding hydrogens is 410 g/mol. The maximum Gasteiger partial charge on any atom is 0.192 e. The Kier molecular flexibility index (Phi) is 6.61. The van der Waals surface area contributed by atoms with Gasteiger partial charge in [0, 0.05) is 0 Å². The molecule has 3 aliphatic rings. The largest absolute Gasteiger partial charge is 0.414 e. The highest BCUT2D eigenvalue weighted by Crippen LogP contribution is 2.39. The molecule has 2 saturated heterocycles. The molecule has 0 spiro atoms. The average Bonchev–Trinajstić information content (AvgIpc) is 3.39. The van der Waals surface area contributed by atoms with Gasteiger partial charge in [-0.25, -0.2) is 0 Å². The Morgan fingerprint density at radius 3 is 2.45 bits per heavy atom. The monoisotopic (exact) mass is 447 g/mol. The second-order valence-corrected chi connectivity index (χ2v) is 15.4. The highest BCUT2D eigenvalue weighted by atomic mass is 28.4. The molecule has 0 bridgehead atoms. The van der Waals surface area contributed by atoms with Crippen LogP contribution in [-0.4, -0.2) is 51.9 Å². The molecule has 0 N–H and O–H groups in total. The molecule has 0 radical (unpaired) electrons. The number of carbonyl (C=O) groups is 1. The van der Waals surface area contributed by atoms with E-state index >= 15 is 0 Å². The summed E-state index contributed by atoms with van der Waals surface area (Å²) in [6.45, 7) is 11.8. The Balaban J connectivity index is 1.50. The van der Waals surface area contributed by atoms with Gasteiger partial charge < -0.3 is 13.9 Å². The van der Waals surface area contributed by atoms with Crippen molar-refractivity contribution in [3.05, 3.63) is 30.3 Å². The van der Waals surface area contributed by atoms with Crippen molar-refractivity contribution in [2.75, 3.05) is 18.2 Å². The van der Waals surface area contributed by atoms with Crippen molar-refractivity contribution in [1.82, 2.24) is 0 Å². The number of hydroxylamine groups is 1. The number of Topliss-reactive ketones (excluding diaryl/α,β-unsaturated/α-hetero) is 1. The molecule has 2 heterocycles. The lowest BCUT2D eigenvalue weighted by atomic mass is 9.91. The molecule has 0 amide bonds. The third-order valence-electron chi connectivity index (χ3n) is 7.33. The Morgan fingerprint density at radius 2 is 1.81 bits per heavy atom. The summed E-state index contributed by atoms with van der Waals surface area (Å²) in [5, 5.41) is 1.90. The van der Waals surface area contributed by atoms with Gasteiger partial charge in [0.2, 0.25) is 0 Å². The predicted octanol–water partition coefficient (Wildman–Crippen LogP) is 4.70. The minimum absolute atomic E-state index is 0.0633. The summed E-state index contributed by atoms with van der Waals surface area (Å²) in [4.78, 5) is 19.6.